The minimum Gasteiger partial charge on any atom is -0.447 e. The summed E-state index contributed by atoms with van der Waals surface area (Å²) in [7, 11) is 0. The lowest BCUT2D eigenvalue weighted by Gasteiger charge is -2.29. The van der Waals surface area contributed by atoms with E-state index in [2.05, 4.69) is 29.0 Å². The Balaban J connectivity index is 1.88. The molecular weight excluding hydrogens is 403 g/mol. The van der Waals surface area contributed by atoms with Crippen molar-refractivity contribution >= 4 is 23.4 Å². The van der Waals surface area contributed by atoms with Crippen molar-refractivity contribution in [3.05, 3.63) is 59.9 Å². The first kappa shape index (κ1) is 20.3. The Labute approximate surface area is 178 Å². The Morgan fingerprint density at radius 1 is 1.20 bits per heavy atom. The minimum atomic E-state index is -0.889. The molecule has 1 amide bonds. The number of nitrogens with zero attached hydrogens (tertiary/aromatic N) is 4. The molecule has 0 spiro atoms. The van der Waals surface area contributed by atoms with Gasteiger partial charge in [0.05, 0.1) is 5.69 Å². The molecule has 30 heavy (non-hydrogen) atoms. The van der Waals surface area contributed by atoms with E-state index in [4.69, 9.17) is 4.74 Å². The second-order valence-electron chi connectivity index (χ2n) is 7.38. The topological polar surface area (TPSA) is 68.2 Å². The number of amides is 1. The van der Waals surface area contributed by atoms with Crippen molar-refractivity contribution in [3.8, 4) is 17.1 Å². The highest BCUT2D eigenvalue weighted by Gasteiger charge is 2.34. The van der Waals surface area contributed by atoms with Gasteiger partial charge >= 0.3 is 0 Å². The molecule has 1 aliphatic rings. The van der Waals surface area contributed by atoms with Gasteiger partial charge in [0.1, 0.15) is 5.82 Å². The Hall–Kier alpha value is -3.00. The summed E-state index contributed by atoms with van der Waals surface area (Å²) in [6, 6.07) is 13.4. The summed E-state index contributed by atoms with van der Waals surface area (Å²) in [5, 5.41) is 9.11. The molecule has 3 aromatic rings. The van der Waals surface area contributed by atoms with Crippen molar-refractivity contribution < 1.29 is 13.9 Å². The van der Waals surface area contributed by atoms with Crippen LogP contribution in [0.4, 0.5) is 10.1 Å². The van der Waals surface area contributed by atoms with Crippen LogP contribution in [0.5, 0.6) is 5.88 Å². The average molecular weight is 425 g/mol. The summed E-state index contributed by atoms with van der Waals surface area (Å²) in [4.78, 5) is 18.7. The summed E-state index contributed by atoms with van der Waals surface area (Å²) in [5.74, 6) is 0.913. The predicted molar refractivity (Wildman–Crippen MR) is 114 cm³/mol. The Morgan fingerprint density at radius 3 is 2.73 bits per heavy atom. The molecule has 1 aliphatic heterocycles. The van der Waals surface area contributed by atoms with E-state index < -0.39 is 12.0 Å². The molecule has 0 fully saturated rings. The van der Waals surface area contributed by atoms with Crippen molar-refractivity contribution in [1.82, 2.24) is 15.2 Å². The molecule has 8 heteroatoms. The number of para-hydroxylation sites is 1. The number of thioether (sulfide) groups is 1. The molecule has 2 aromatic carbocycles. The SMILES string of the molecule is CC(=O)N1c2ccccc2-c2nnc(SCC(C)C)nc2O[C@@H]1c1cccc(F)c1. The number of benzene rings is 2. The van der Waals surface area contributed by atoms with E-state index in [0.29, 0.717) is 33.6 Å². The first-order valence-corrected chi connectivity index (χ1v) is 10.6. The molecule has 154 valence electrons. The van der Waals surface area contributed by atoms with E-state index in [1.54, 1.807) is 12.1 Å². The largest absolute Gasteiger partial charge is 0.447 e. The van der Waals surface area contributed by atoms with Gasteiger partial charge in [0.25, 0.3) is 0 Å². The van der Waals surface area contributed by atoms with Gasteiger partial charge in [-0.25, -0.2) is 4.39 Å². The van der Waals surface area contributed by atoms with Crippen LogP contribution in [-0.2, 0) is 4.79 Å². The highest BCUT2D eigenvalue weighted by molar-refractivity contribution is 7.99. The molecule has 1 aromatic heterocycles. The Kier molecular flexibility index (Phi) is 5.67. The quantitative estimate of drug-likeness (QED) is 0.557. The van der Waals surface area contributed by atoms with Gasteiger partial charge in [0, 0.05) is 23.8 Å². The number of hydrogen-bond donors (Lipinski definition) is 0. The van der Waals surface area contributed by atoms with Crippen LogP contribution in [0.2, 0.25) is 0 Å². The minimum absolute atomic E-state index is 0.244. The number of carbonyl (C=O) groups is 1. The van der Waals surface area contributed by atoms with Crippen LogP contribution in [0, 0.1) is 11.7 Å². The first-order valence-electron chi connectivity index (χ1n) is 9.63. The van der Waals surface area contributed by atoms with E-state index in [1.807, 2.05) is 24.3 Å². The van der Waals surface area contributed by atoms with E-state index in [-0.39, 0.29) is 11.8 Å². The number of ether oxygens (including phenoxy) is 1. The summed E-state index contributed by atoms with van der Waals surface area (Å²) < 4.78 is 20.2. The number of hydrogen-bond acceptors (Lipinski definition) is 6. The average Bonchev–Trinajstić information content (AvgIpc) is 2.86. The van der Waals surface area contributed by atoms with Crippen molar-refractivity contribution in [2.45, 2.75) is 32.2 Å². The van der Waals surface area contributed by atoms with Gasteiger partial charge in [-0.1, -0.05) is 55.9 Å². The zero-order valence-electron chi connectivity index (χ0n) is 16.9. The normalized spacial score (nSPS) is 15.2. The zero-order valence-corrected chi connectivity index (χ0v) is 17.7. The van der Waals surface area contributed by atoms with Gasteiger partial charge in [0.2, 0.25) is 23.2 Å². The van der Waals surface area contributed by atoms with Gasteiger partial charge < -0.3 is 4.74 Å². The molecule has 6 nitrogen and oxygen atoms in total. The van der Waals surface area contributed by atoms with E-state index in [9.17, 15) is 9.18 Å². The molecule has 1 atom stereocenters. The van der Waals surface area contributed by atoms with Crippen LogP contribution in [0.3, 0.4) is 0 Å². The van der Waals surface area contributed by atoms with Crippen molar-refractivity contribution in [2.75, 3.05) is 10.7 Å². The Morgan fingerprint density at radius 2 is 2.00 bits per heavy atom. The fourth-order valence-corrected chi connectivity index (χ4v) is 3.96. The van der Waals surface area contributed by atoms with E-state index in [0.717, 1.165) is 5.75 Å². The molecule has 4 rings (SSSR count). The highest BCUT2D eigenvalue weighted by atomic mass is 32.2. The van der Waals surface area contributed by atoms with Gasteiger partial charge in [-0.15, -0.1) is 10.2 Å². The lowest BCUT2D eigenvalue weighted by Crippen LogP contribution is -2.36. The lowest BCUT2D eigenvalue weighted by atomic mass is 10.1. The maximum absolute atomic E-state index is 14.0. The fraction of sp³-hybridized carbons (Fsp3) is 0.273. The second kappa shape index (κ2) is 8.39. The summed E-state index contributed by atoms with van der Waals surface area (Å²) in [6.45, 7) is 5.67. The van der Waals surface area contributed by atoms with Crippen LogP contribution in [0.25, 0.3) is 11.3 Å². The van der Waals surface area contributed by atoms with E-state index >= 15 is 0 Å². The summed E-state index contributed by atoms with van der Waals surface area (Å²) in [6.07, 6.45) is -0.889. The van der Waals surface area contributed by atoms with Crippen LogP contribution in [0.15, 0.2) is 53.7 Å². The molecule has 0 bridgehead atoms. The third-order valence-electron chi connectivity index (χ3n) is 4.53. The molecule has 0 saturated carbocycles. The Bertz CT molecular complexity index is 1090. The molecule has 0 N–H and O–H groups in total. The van der Waals surface area contributed by atoms with Gasteiger partial charge in [-0.05, 0) is 24.1 Å². The third kappa shape index (κ3) is 4.00. The molecule has 0 aliphatic carbocycles. The van der Waals surface area contributed by atoms with E-state index in [1.165, 1.54) is 35.7 Å². The number of carbonyl (C=O) groups excluding carboxylic acids is 1. The molecule has 2 heterocycles. The van der Waals surface area contributed by atoms with Gasteiger partial charge in [-0.2, -0.15) is 4.98 Å². The molecule has 0 unspecified atom stereocenters. The monoisotopic (exact) mass is 424 g/mol. The first-order chi connectivity index (χ1) is 14.4. The summed E-state index contributed by atoms with van der Waals surface area (Å²) >= 11 is 1.49. The second-order valence-corrected chi connectivity index (χ2v) is 8.37. The number of rotatable bonds is 4. The fourth-order valence-electron chi connectivity index (χ4n) is 3.23. The maximum Gasteiger partial charge on any atom is 0.247 e. The van der Waals surface area contributed by atoms with Crippen LogP contribution < -0.4 is 9.64 Å². The van der Waals surface area contributed by atoms with Gasteiger partial charge in [0.15, 0.2) is 5.69 Å². The van der Waals surface area contributed by atoms with Crippen molar-refractivity contribution in [3.63, 3.8) is 0 Å². The lowest BCUT2D eigenvalue weighted by molar-refractivity contribution is -0.118. The standard InChI is InChI=1S/C22H21FN4O2S/c1-13(2)12-30-22-24-20-19(25-26-22)17-9-4-5-10-18(17)27(14(3)28)21(29-20)15-7-6-8-16(23)11-15/h4-11,13,21H,12H2,1-3H3/t21-/m1/s1. The number of halogens is 1. The molecule has 0 radical (unpaired) electrons. The molecular formula is C22H21FN4O2S. The van der Waals surface area contributed by atoms with Gasteiger partial charge in [-0.3, -0.25) is 9.69 Å². The van der Waals surface area contributed by atoms with Crippen LogP contribution in [0.1, 0.15) is 32.6 Å². The number of fused-ring (bicyclic) bond motifs is 3. The van der Waals surface area contributed by atoms with Crippen molar-refractivity contribution in [2.24, 2.45) is 5.92 Å². The number of anilines is 1. The summed E-state index contributed by atoms with van der Waals surface area (Å²) in [5.41, 5.74) is 2.24. The number of aromatic nitrogens is 3. The maximum atomic E-state index is 14.0. The zero-order chi connectivity index (χ0) is 21.3. The highest BCUT2D eigenvalue weighted by Crippen LogP contribution is 2.43. The third-order valence-corrected chi connectivity index (χ3v) is 5.80. The predicted octanol–water partition coefficient (Wildman–Crippen LogP) is 4.87. The van der Waals surface area contributed by atoms with Crippen molar-refractivity contribution in [1.29, 1.82) is 0 Å². The molecule has 0 saturated heterocycles. The van der Waals surface area contributed by atoms with Crippen LogP contribution >= 0.6 is 11.8 Å². The van der Waals surface area contributed by atoms with Crippen LogP contribution in [-0.4, -0.2) is 26.8 Å². The smallest absolute Gasteiger partial charge is 0.247 e.